The molecule has 4 aromatic carbocycles. The summed E-state index contributed by atoms with van der Waals surface area (Å²) in [5.74, 6) is 0.414. The van der Waals surface area contributed by atoms with Gasteiger partial charge >= 0.3 is 0 Å². The molecule has 0 aliphatic rings. The molecular formula is C29H25N3O5. The summed E-state index contributed by atoms with van der Waals surface area (Å²) in [6, 6.07) is 30.4. The molecule has 4 aromatic rings. The number of non-ortho nitro benzene ring substituents is 1. The van der Waals surface area contributed by atoms with Crippen molar-refractivity contribution in [1.82, 2.24) is 5.43 Å². The van der Waals surface area contributed by atoms with Crippen molar-refractivity contribution in [2.24, 2.45) is 5.10 Å². The first-order chi connectivity index (χ1) is 18.0. The number of carbonyl (C=O) groups excluding carboxylic acids is 1. The molecule has 0 aliphatic carbocycles. The number of nitrogens with zero attached hydrogens (tertiary/aromatic N) is 2. The maximum absolute atomic E-state index is 13.0. The molecule has 37 heavy (non-hydrogen) atoms. The summed E-state index contributed by atoms with van der Waals surface area (Å²) in [4.78, 5) is 23.6. The van der Waals surface area contributed by atoms with E-state index in [1.54, 1.807) is 37.3 Å². The fraction of sp³-hybridized carbons (Fsp3) is 0.103. The Morgan fingerprint density at radius 1 is 0.838 bits per heavy atom. The van der Waals surface area contributed by atoms with Crippen LogP contribution in [0.4, 0.5) is 5.69 Å². The van der Waals surface area contributed by atoms with Gasteiger partial charge in [-0.05, 0) is 30.2 Å². The van der Waals surface area contributed by atoms with Gasteiger partial charge in [0, 0.05) is 23.8 Å². The van der Waals surface area contributed by atoms with E-state index in [0.717, 1.165) is 11.1 Å². The molecule has 0 radical (unpaired) electrons. The maximum Gasteiger partial charge on any atom is 0.275 e. The number of nitrogens with one attached hydrogen (secondary N) is 1. The van der Waals surface area contributed by atoms with Gasteiger partial charge in [-0.3, -0.25) is 14.9 Å². The van der Waals surface area contributed by atoms with Gasteiger partial charge in [0.05, 0.1) is 16.2 Å². The number of benzene rings is 4. The molecule has 0 fully saturated rings. The normalized spacial score (nSPS) is 11.0. The zero-order valence-corrected chi connectivity index (χ0v) is 20.2. The van der Waals surface area contributed by atoms with Crippen molar-refractivity contribution in [1.29, 1.82) is 0 Å². The number of hydrogen-bond acceptors (Lipinski definition) is 6. The minimum absolute atomic E-state index is 0.0546. The van der Waals surface area contributed by atoms with Crippen molar-refractivity contribution in [2.75, 3.05) is 0 Å². The molecule has 0 saturated heterocycles. The zero-order valence-electron chi connectivity index (χ0n) is 20.2. The summed E-state index contributed by atoms with van der Waals surface area (Å²) in [7, 11) is 0. The van der Waals surface area contributed by atoms with Gasteiger partial charge in [-0.25, -0.2) is 5.43 Å². The van der Waals surface area contributed by atoms with Crippen molar-refractivity contribution in [3.63, 3.8) is 0 Å². The molecule has 8 heteroatoms. The van der Waals surface area contributed by atoms with Crippen LogP contribution in [0.2, 0.25) is 0 Å². The number of hydrazone groups is 1. The Balaban J connectivity index is 1.52. The van der Waals surface area contributed by atoms with Crippen LogP contribution in [-0.4, -0.2) is 16.5 Å². The molecule has 1 amide bonds. The largest absolute Gasteiger partial charge is 0.489 e. The molecule has 0 aliphatic heterocycles. The average Bonchev–Trinajstić information content (AvgIpc) is 2.94. The van der Waals surface area contributed by atoms with Gasteiger partial charge in [-0.15, -0.1) is 0 Å². The Kier molecular flexibility index (Phi) is 8.23. The molecule has 0 aromatic heterocycles. The second-order valence-electron chi connectivity index (χ2n) is 8.15. The molecule has 1 N–H and O–H groups in total. The van der Waals surface area contributed by atoms with Crippen molar-refractivity contribution in [3.05, 3.63) is 135 Å². The van der Waals surface area contributed by atoms with Crippen molar-refractivity contribution in [2.45, 2.75) is 20.1 Å². The second kappa shape index (κ2) is 12.1. The van der Waals surface area contributed by atoms with Crippen LogP contribution in [0, 0.1) is 10.1 Å². The number of carbonyl (C=O) groups is 1. The van der Waals surface area contributed by atoms with Crippen LogP contribution in [0.25, 0.3) is 0 Å². The smallest absolute Gasteiger partial charge is 0.275 e. The zero-order chi connectivity index (χ0) is 26.0. The summed E-state index contributed by atoms with van der Waals surface area (Å²) >= 11 is 0. The minimum atomic E-state index is -0.484. The molecule has 0 saturated carbocycles. The summed E-state index contributed by atoms with van der Waals surface area (Å²) < 4.78 is 11.9. The van der Waals surface area contributed by atoms with Crippen LogP contribution in [0.5, 0.6) is 11.5 Å². The van der Waals surface area contributed by atoms with Crippen LogP contribution in [0.15, 0.2) is 108 Å². The molecule has 186 valence electrons. The van der Waals surface area contributed by atoms with E-state index in [1.807, 2.05) is 60.7 Å². The summed E-state index contributed by atoms with van der Waals surface area (Å²) in [5.41, 5.74) is 5.66. The highest BCUT2D eigenvalue weighted by Gasteiger charge is 2.15. The summed E-state index contributed by atoms with van der Waals surface area (Å²) in [6.07, 6.45) is 0. The lowest BCUT2D eigenvalue weighted by Crippen LogP contribution is -2.20. The molecule has 0 heterocycles. The first-order valence-electron chi connectivity index (χ1n) is 11.6. The van der Waals surface area contributed by atoms with Gasteiger partial charge in [0.25, 0.3) is 11.6 Å². The van der Waals surface area contributed by atoms with Crippen LogP contribution < -0.4 is 14.9 Å². The number of amides is 1. The number of ether oxygens (including phenoxy) is 2. The van der Waals surface area contributed by atoms with Gasteiger partial charge in [-0.1, -0.05) is 72.8 Å². The Morgan fingerprint density at radius 2 is 1.49 bits per heavy atom. The molecule has 0 bridgehead atoms. The third-order valence-corrected chi connectivity index (χ3v) is 5.48. The lowest BCUT2D eigenvalue weighted by molar-refractivity contribution is -0.384. The van der Waals surface area contributed by atoms with E-state index in [-0.39, 0.29) is 17.9 Å². The quantitative estimate of drug-likeness (QED) is 0.167. The third-order valence-electron chi connectivity index (χ3n) is 5.48. The summed E-state index contributed by atoms with van der Waals surface area (Å²) in [5, 5.41) is 15.2. The Morgan fingerprint density at radius 3 is 2.14 bits per heavy atom. The Labute approximate surface area is 214 Å². The van der Waals surface area contributed by atoms with Gasteiger partial charge in [0.15, 0.2) is 0 Å². The number of nitro groups is 1. The number of hydrogen-bond donors (Lipinski definition) is 1. The van der Waals surface area contributed by atoms with E-state index in [4.69, 9.17) is 9.47 Å². The molecule has 0 atom stereocenters. The molecule has 8 nitrogen and oxygen atoms in total. The predicted octanol–water partition coefficient (Wildman–Crippen LogP) is 5.91. The van der Waals surface area contributed by atoms with Gasteiger partial charge < -0.3 is 9.47 Å². The van der Waals surface area contributed by atoms with Crippen LogP contribution in [-0.2, 0) is 13.2 Å². The monoisotopic (exact) mass is 495 g/mol. The summed E-state index contributed by atoms with van der Waals surface area (Å²) in [6.45, 7) is 2.29. The molecule has 4 rings (SSSR count). The average molecular weight is 496 g/mol. The van der Waals surface area contributed by atoms with E-state index in [9.17, 15) is 14.9 Å². The Bertz CT molecular complexity index is 1410. The highest BCUT2D eigenvalue weighted by molar-refractivity contribution is 6.02. The van der Waals surface area contributed by atoms with Crippen LogP contribution in [0.3, 0.4) is 0 Å². The first-order valence-corrected chi connectivity index (χ1v) is 11.6. The lowest BCUT2D eigenvalue weighted by Gasteiger charge is -2.14. The van der Waals surface area contributed by atoms with E-state index >= 15 is 0 Å². The highest BCUT2D eigenvalue weighted by atomic mass is 16.6. The fourth-order valence-corrected chi connectivity index (χ4v) is 3.48. The lowest BCUT2D eigenvalue weighted by atomic mass is 10.1. The minimum Gasteiger partial charge on any atom is -0.489 e. The Hall–Kier alpha value is -4.98. The fourth-order valence-electron chi connectivity index (χ4n) is 3.48. The third kappa shape index (κ3) is 7.02. The van der Waals surface area contributed by atoms with Crippen molar-refractivity contribution in [3.8, 4) is 11.5 Å². The highest BCUT2D eigenvalue weighted by Crippen LogP contribution is 2.27. The van der Waals surface area contributed by atoms with Gasteiger partial charge in [0.1, 0.15) is 24.7 Å². The SMILES string of the molecule is C/C(=N/NC(=O)c1ccc(OCc2ccccc2)cc1OCc1ccccc1)c1cccc([N+](=O)[O-])c1. The maximum atomic E-state index is 13.0. The van der Waals surface area contributed by atoms with Gasteiger partial charge in [-0.2, -0.15) is 5.10 Å². The van der Waals surface area contributed by atoms with Crippen molar-refractivity contribution < 1.29 is 19.2 Å². The molecule has 0 unspecified atom stereocenters. The molecule has 0 spiro atoms. The first kappa shape index (κ1) is 25.1. The van der Waals surface area contributed by atoms with Crippen LogP contribution in [0.1, 0.15) is 34.0 Å². The van der Waals surface area contributed by atoms with E-state index in [2.05, 4.69) is 10.5 Å². The second-order valence-corrected chi connectivity index (χ2v) is 8.15. The van der Waals surface area contributed by atoms with E-state index in [1.165, 1.54) is 12.1 Å². The van der Waals surface area contributed by atoms with Gasteiger partial charge in [0.2, 0.25) is 0 Å². The molecular weight excluding hydrogens is 470 g/mol. The predicted molar refractivity (Wildman–Crippen MR) is 141 cm³/mol. The number of nitro benzene ring substituents is 1. The van der Waals surface area contributed by atoms with E-state index in [0.29, 0.717) is 29.4 Å². The van der Waals surface area contributed by atoms with E-state index < -0.39 is 10.8 Å². The van der Waals surface area contributed by atoms with Crippen molar-refractivity contribution >= 4 is 17.3 Å². The standard InChI is InChI=1S/C29H25N3O5/c1-21(24-13-8-14-25(17-24)32(34)35)30-31-29(33)27-16-15-26(36-19-22-9-4-2-5-10-22)18-28(27)37-20-23-11-6-3-7-12-23/h2-18H,19-20H2,1H3,(H,31,33)/b30-21-. The van der Waals surface area contributed by atoms with Crippen LogP contribution >= 0.6 is 0 Å². The number of rotatable bonds is 10. The topological polar surface area (TPSA) is 103 Å².